The van der Waals surface area contributed by atoms with Crippen LogP contribution >= 0.6 is 11.8 Å². The van der Waals surface area contributed by atoms with Crippen molar-refractivity contribution in [3.8, 4) is 5.75 Å². The second-order valence-electron chi connectivity index (χ2n) is 6.73. The fourth-order valence-corrected chi connectivity index (χ4v) is 3.55. The van der Waals surface area contributed by atoms with Gasteiger partial charge in [-0.3, -0.25) is 4.79 Å². The zero-order valence-electron chi connectivity index (χ0n) is 17.0. The summed E-state index contributed by atoms with van der Waals surface area (Å²) in [6.07, 6.45) is 1.00. The van der Waals surface area contributed by atoms with Crippen molar-refractivity contribution in [2.75, 3.05) is 5.75 Å². The van der Waals surface area contributed by atoms with Gasteiger partial charge < -0.3 is 14.6 Å². The third kappa shape index (κ3) is 5.84. The van der Waals surface area contributed by atoms with Crippen molar-refractivity contribution in [1.29, 1.82) is 0 Å². The molecule has 0 aliphatic rings. The van der Waals surface area contributed by atoms with Crippen LogP contribution in [0.5, 0.6) is 5.75 Å². The number of ether oxygens (including phenoxy) is 1. The Morgan fingerprint density at radius 2 is 1.86 bits per heavy atom. The highest BCUT2D eigenvalue weighted by molar-refractivity contribution is 7.99. The summed E-state index contributed by atoms with van der Waals surface area (Å²) in [6.45, 7) is 4.42. The lowest BCUT2D eigenvalue weighted by molar-refractivity contribution is -0.119. The Morgan fingerprint density at radius 3 is 2.55 bits per heavy atom. The van der Waals surface area contributed by atoms with Crippen LogP contribution < -0.4 is 10.1 Å². The first-order valence-corrected chi connectivity index (χ1v) is 10.6. The average molecular weight is 411 g/mol. The molecule has 0 saturated carbocycles. The van der Waals surface area contributed by atoms with E-state index in [4.69, 9.17) is 4.74 Å². The van der Waals surface area contributed by atoms with Gasteiger partial charge in [-0.25, -0.2) is 0 Å². The number of benzene rings is 2. The highest BCUT2D eigenvalue weighted by Gasteiger charge is 2.14. The van der Waals surface area contributed by atoms with Gasteiger partial charge in [-0.2, -0.15) is 0 Å². The molecule has 7 heteroatoms. The molecule has 0 saturated heterocycles. The largest absolute Gasteiger partial charge is 0.486 e. The van der Waals surface area contributed by atoms with Crippen LogP contribution in [0.3, 0.4) is 0 Å². The number of hydrogen-bond acceptors (Lipinski definition) is 5. The Morgan fingerprint density at radius 1 is 1.14 bits per heavy atom. The highest BCUT2D eigenvalue weighted by atomic mass is 32.2. The summed E-state index contributed by atoms with van der Waals surface area (Å²) in [5.74, 6) is 1.75. The second-order valence-corrected chi connectivity index (χ2v) is 7.68. The molecule has 1 aromatic heterocycles. The van der Waals surface area contributed by atoms with Crippen LogP contribution in [0.25, 0.3) is 0 Å². The van der Waals surface area contributed by atoms with Crippen molar-refractivity contribution in [3.05, 3.63) is 71.5 Å². The van der Waals surface area contributed by atoms with Crippen LogP contribution in [-0.2, 0) is 24.9 Å². The molecule has 0 aliphatic carbocycles. The van der Waals surface area contributed by atoms with Crippen LogP contribution in [0.4, 0.5) is 0 Å². The zero-order valence-corrected chi connectivity index (χ0v) is 17.8. The molecule has 0 fully saturated rings. The first-order chi connectivity index (χ1) is 14.1. The molecule has 0 bridgehead atoms. The van der Waals surface area contributed by atoms with Gasteiger partial charge in [-0.15, -0.1) is 10.2 Å². The molecule has 1 amide bonds. The number of carbonyl (C=O) groups excluding carboxylic acids is 1. The quantitative estimate of drug-likeness (QED) is 0.542. The SMILES string of the molecule is CCc1ccc(OCc2nnc(SCC(=O)NC(C)c3ccccc3)n2C)cc1. The van der Waals surface area contributed by atoms with E-state index >= 15 is 0 Å². The van der Waals surface area contributed by atoms with Crippen LogP contribution in [0, 0.1) is 0 Å². The number of carbonyl (C=O) groups is 1. The van der Waals surface area contributed by atoms with E-state index in [2.05, 4.69) is 34.6 Å². The monoisotopic (exact) mass is 410 g/mol. The number of thioether (sulfide) groups is 1. The second kappa shape index (κ2) is 10.1. The lowest BCUT2D eigenvalue weighted by atomic mass is 10.1. The van der Waals surface area contributed by atoms with E-state index in [1.807, 2.05) is 61.0 Å². The predicted octanol–water partition coefficient (Wildman–Crippen LogP) is 3.93. The minimum absolute atomic E-state index is 0.0353. The minimum Gasteiger partial charge on any atom is -0.486 e. The summed E-state index contributed by atoms with van der Waals surface area (Å²) in [4.78, 5) is 12.3. The molecular formula is C22H26N4O2S. The van der Waals surface area contributed by atoms with Gasteiger partial charge in [-0.05, 0) is 36.6 Å². The minimum atomic E-state index is -0.0387. The van der Waals surface area contributed by atoms with E-state index in [-0.39, 0.29) is 17.7 Å². The molecule has 3 aromatic rings. The number of aromatic nitrogens is 3. The Bertz CT molecular complexity index is 926. The van der Waals surface area contributed by atoms with Crippen LogP contribution in [0.2, 0.25) is 0 Å². The fourth-order valence-electron chi connectivity index (χ4n) is 2.80. The summed E-state index contributed by atoms with van der Waals surface area (Å²) in [5.41, 5.74) is 2.35. The molecule has 0 radical (unpaired) electrons. The standard InChI is InChI=1S/C22H26N4O2S/c1-4-17-10-12-19(13-11-17)28-14-20-24-25-22(26(20)3)29-15-21(27)23-16(2)18-8-6-5-7-9-18/h5-13,16H,4,14-15H2,1-3H3,(H,23,27). The third-order valence-electron chi connectivity index (χ3n) is 4.63. The maximum Gasteiger partial charge on any atom is 0.230 e. The van der Waals surface area contributed by atoms with E-state index in [0.29, 0.717) is 17.6 Å². The molecule has 3 rings (SSSR count). The first-order valence-electron chi connectivity index (χ1n) is 9.64. The first kappa shape index (κ1) is 20.9. The van der Waals surface area contributed by atoms with Gasteiger partial charge in [0, 0.05) is 7.05 Å². The summed E-state index contributed by atoms with van der Waals surface area (Å²) in [6, 6.07) is 17.9. The van der Waals surface area contributed by atoms with E-state index in [9.17, 15) is 4.79 Å². The molecule has 152 valence electrons. The number of amides is 1. The molecule has 1 N–H and O–H groups in total. The molecule has 6 nitrogen and oxygen atoms in total. The van der Waals surface area contributed by atoms with Crippen molar-refractivity contribution < 1.29 is 9.53 Å². The molecule has 1 heterocycles. The Kier molecular flexibility index (Phi) is 7.30. The van der Waals surface area contributed by atoms with Gasteiger partial charge in [0.15, 0.2) is 11.0 Å². The molecule has 1 unspecified atom stereocenters. The number of hydrogen-bond donors (Lipinski definition) is 1. The number of rotatable bonds is 9. The van der Waals surface area contributed by atoms with Gasteiger partial charge >= 0.3 is 0 Å². The molecule has 2 aromatic carbocycles. The van der Waals surface area contributed by atoms with E-state index in [0.717, 1.165) is 17.7 Å². The molecule has 29 heavy (non-hydrogen) atoms. The summed E-state index contributed by atoms with van der Waals surface area (Å²) >= 11 is 1.36. The van der Waals surface area contributed by atoms with Crippen molar-refractivity contribution in [2.24, 2.45) is 7.05 Å². The van der Waals surface area contributed by atoms with Crippen LogP contribution in [0.15, 0.2) is 59.8 Å². The topological polar surface area (TPSA) is 69.0 Å². The Labute approximate surface area is 175 Å². The smallest absolute Gasteiger partial charge is 0.230 e. The Balaban J connectivity index is 1.49. The average Bonchev–Trinajstić information content (AvgIpc) is 3.11. The molecular weight excluding hydrogens is 384 g/mol. The fraction of sp³-hybridized carbons (Fsp3) is 0.318. The molecule has 1 atom stereocenters. The van der Waals surface area contributed by atoms with Gasteiger partial charge in [0.2, 0.25) is 5.91 Å². The van der Waals surface area contributed by atoms with Crippen molar-refractivity contribution in [2.45, 2.75) is 38.1 Å². The van der Waals surface area contributed by atoms with Gasteiger partial charge in [0.05, 0.1) is 11.8 Å². The zero-order chi connectivity index (χ0) is 20.6. The summed E-state index contributed by atoms with van der Waals surface area (Å²) in [5, 5.41) is 12.1. The van der Waals surface area contributed by atoms with Gasteiger partial charge in [-0.1, -0.05) is 61.2 Å². The van der Waals surface area contributed by atoms with Crippen molar-refractivity contribution in [1.82, 2.24) is 20.1 Å². The van der Waals surface area contributed by atoms with Gasteiger partial charge in [0.1, 0.15) is 12.4 Å². The van der Waals surface area contributed by atoms with E-state index < -0.39 is 0 Å². The summed E-state index contributed by atoms with van der Waals surface area (Å²) in [7, 11) is 1.88. The lowest BCUT2D eigenvalue weighted by Crippen LogP contribution is -2.28. The number of aryl methyl sites for hydroxylation is 1. The van der Waals surface area contributed by atoms with Gasteiger partial charge in [0.25, 0.3) is 0 Å². The Hall–Kier alpha value is -2.80. The highest BCUT2D eigenvalue weighted by Crippen LogP contribution is 2.18. The number of nitrogens with one attached hydrogen (secondary N) is 1. The maximum atomic E-state index is 12.3. The van der Waals surface area contributed by atoms with E-state index in [1.54, 1.807) is 0 Å². The summed E-state index contributed by atoms with van der Waals surface area (Å²) < 4.78 is 7.66. The van der Waals surface area contributed by atoms with Crippen molar-refractivity contribution in [3.63, 3.8) is 0 Å². The van der Waals surface area contributed by atoms with Crippen LogP contribution in [-0.4, -0.2) is 26.4 Å². The lowest BCUT2D eigenvalue weighted by Gasteiger charge is -2.14. The van der Waals surface area contributed by atoms with Crippen molar-refractivity contribution >= 4 is 17.7 Å². The molecule has 0 aliphatic heterocycles. The third-order valence-corrected chi connectivity index (χ3v) is 5.65. The number of nitrogens with zero attached hydrogens (tertiary/aromatic N) is 3. The molecule has 0 spiro atoms. The van der Waals surface area contributed by atoms with E-state index in [1.165, 1.54) is 17.3 Å². The predicted molar refractivity (Wildman–Crippen MR) is 115 cm³/mol. The van der Waals surface area contributed by atoms with Crippen LogP contribution in [0.1, 0.15) is 36.8 Å². The maximum absolute atomic E-state index is 12.3. The normalized spacial score (nSPS) is 11.8.